The zero-order valence-electron chi connectivity index (χ0n) is 14.5. The second kappa shape index (κ2) is 7.77. The molecule has 2 aliphatic rings. The average molecular weight is 329 g/mol. The van der Waals surface area contributed by atoms with Crippen LogP contribution in [0.2, 0.25) is 0 Å². The maximum Gasteiger partial charge on any atom is 0.227 e. The van der Waals surface area contributed by atoms with Crippen molar-refractivity contribution in [2.24, 2.45) is 5.92 Å². The van der Waals surface area contributed by atoms with Crippen molar-refractivity contribution in [1.82, 2.24) is 14.8 Å². The number of carbonyl (C=O) groups is 2. The average Bonchev–Trinajstić information content (AvgIpc) is 3.15. The van der Waals surface area contributed by atoms with E-state index in [9.17, 15) is 9.59 Å². The highest BCUT2D eigenvalue weighted by Crippen LogP contribution is 2.29. The van der Waals surface area contributed by atoms with E-state index in [1.165, 1.54) is 12.8 Å². The third kappa shape index (κ3) is 3.77. The molecule has 0 N–H and O–H groups in total. The minimum atomic E-state index is -0.0508. The second-order valence-electron chi connectivity index (χ2n) is 6.93. The van der Waals surface area contributed by atoms with Crippen LogP contribution in [0.15, 0.2) is 24.5 Å². The van der Waals surface area contributed by atoms with Gasteiger partial charge in [-0.3, -0.25) is 14.6 Å². The predicted molar refractivity (Wildman–Crippen MR) is 92.0 cm³/mol. The first kappa shape index (κ1) is 16.9. The van der Waals surface area contributed by atoms with Crippen LogP contribution in [0.1, 0.15) is 51.0 Å². The highest BCUT2D eigenvalue weighted by atomic mass is 16.2. The Labute approximate surface area is 144 Å². The molecule has 130 valence electrons. The molecule has 2 fully saturated rings. The summed E-state index contributed by atoms with van der Waals surface area (Å²) in [7, 11) is 0. The van der Waals surface area contributed by atoms with Gasteiger partial charge >= 0.3 is 0 Å². The fourth-order valence-electron chi connectivity index (χ4n) is 3.95. The van der Waals surface area contributed by atoms with Gasteiger partial charge in [-0.15, -0.1) is 0 Å². The quantitative estimate of drug-likeness (QED) is 0.834. The fourth-order valence-corrected chi connectivity index (χ4v) is 3.95. The number of piperidine rings is 1. The van der Waals surface area contributed by atoms with Gasteiger partial charge in [-0.25, -0.2) is 0 Å². The van der Waals surface area contributed by atoms with Gasteiger partial charge in [0.1, 0.15) is 0 Å². The number of likely N-dealkylation sites (tertiary alicyclic amines) is 1. The lowest BCUT2D eigenvalue weighted by molar-refractivity contribution is -0.145. The van der Waals surface area contributed by atoms with Gasteiger partial charge in [0.05, 0.1) is 5.92 Å². The summed E-state index contributed by atoms with van der Waals surface area (Å²) in [6.07, 6.45) is 9.33. The van der Waals surface area contributed by atoms with Crippen molar-refractivity contribution in [3.63, 3.8) is 0 Å². The molecule has 0 aromatic carbocycles. The second-order valence-corrected chi connectivity index (χ2v) is 6.93. The number of nitrogens with zero attached hydrogens (tertiary/aromatic N) is 3. The molecule has 1 aliphatic carbocycles. The van der Waals surface area contributed by atoms with Gasteiger partial charge in [0.15, 0.2) is 0 Å². The number of hydrogen-bond acceptors (Lipinski definition) is 3. The minimum absolute atomic E-state index is 0.0508. The van der Waals surface area contributed by atoms with E-state index in [1.807, 2.05) is 28.9 Å². The van der Waals surface area contributed by atoms with E-state index in [-0.39, 0.29) is 17.7 Å². The molecule has 0 spiro atoms. The van der Waals surface area contributed by atoms with Crippen LogP contribution >= 0.6 is 0 Å². The van der Waals surface area contributed by atoms with Crippen molar-refractivity contribution >= 4 is 11.8 Å². The molecule has 0 radical (unpaired) electrons. The van der Waals surface area contributed by atoms with Gasteiger partial charge in [0.2, 0.25) is 11.8 Å². The Morgan fingerprint density at radius 2 is 1.96 bits per heavy atom. The van der Waals surface area contributed by atoms with Crippen LogP contribution in [0, 0.1) is 5.92 Å². The first-order chi connectivity index (χ1) is 11.7. The summed E-state index contributed by atoms with van der Waals surface area (Å²) in [5, 5.41) is 0. The molecule has 5 heteroatoms. The van der Waals surface area contributed by atoms with Gasteiger partial charge in [-0.2, -0.15) is 0 Å². The molecular weight excluding hydrogens is 302 g/mol. The standard InChI is InChI=1S/C19H27N3O2/c1-2-21(13-15-9-11-20-12-10-15)19(24)16-7-8-18(23)22(14-16)17-5-3-4-6-17/h9-12,16-17H,2-8,13-14H2,1H3. The van der Waals surface area contributed by atoms with Crippen molar-refractivity contribution in [2.75, 3.05) is 13.1 Å². The summed E-state index contributed by atoms with van der Waals surface area (Å²) in [6.45, 7) is 3.93. The molecule has 2 amide bonds. The Morgan fingerprint density at radius 1 is 1.25 bits per heavy atom. The molecule has 1 saturated carbocycles. The molecule has 0 bridgehead atoms. The van der Waals surface area contributed by atoms with E-state index < -0.39 is 0 Å². The first-order valence-corrected chi connectivity index (χ1v) is 9.16. The zero-order valence-corrected chi connectivity index (χ0v) is 14.5. The number of pyridine rings is 1. The van der Waals surface area contributed by atoms with Crippen LogP contribution < -0.4 is 0 Å². The van der Waals surface area contributed by atoms with Crippen molar-refractivity contribution in [2.45, 2.75) is 58.0 Å². The van der Waals surface area contributed by atoms with Crippen LogP contribution in [0.3, 0.4) is 0 Å². The van der Waals surface area contributed by atoms with Crippen LogP contribution in [0.5, 0.6) is 0 Å². The van der Waals surface area contributed by atoms with Gasteiger partial charge in [-0.05, 0) is 43.9 Å². The van der Waals surface area contributed by atoms with Gasteiger partial charge in [-0.1, -0.05) is 12.8 Å². The smallest absolute Gasteiger partial charge is 0.227 e. The van der Waals surface area contributed by atoms with E-state index in [2.05, 4.69) is 4.98 Å². The fraction of sp³-hybridized carbons (Fsp3) is 0.632. The van der Waals surface area contributed by atoms with Crippen molar-refractivity contribution < 1.29 is 9.59 Å². The van der Waals surface area contributed by atoms with Crippen molar-refractivity contribution in [3.8, 4) is 0 Å². The zero-order chi connectivity index (χ0) is 16.9. The maximum absolute atomic E-state index is 13.0. The predicted octanol–water partition coefficient (Wildman–Crippen LogP) is 2.61. The lowest BCUT2D eigenvalue weighted by atomic mass is 9.94. The molecule has 1 aromatic heterocycles. The van der Waals surface area contributed by atoms with Crippen LogP contribution in [0.25, 0.3) is 0 Å². The van der Waals surface area contributed by atoms with Gasteiger partial charge < -0.3 is 9.80 Å². The summed E-state index contributed by atoms with van der Waals surface area (Å²) < 4.78 is 0. The normalized spacial score (nSPS) is 22.0. The molecule has 1 aliphatic heterocycles. The van der Waals surface area contributed by atoms with E-state index >= 15 is 0 Å². The number of amides is 2. The summed E-state index contributed by atoms with van der Waals surface area (Å²) in [5.74, 6) is 0.373. The summed E-state index contributed by atoms with van der Waals surface area (Å²) in [6, 6.07) is 4.26. The highest BCUT2D eigenvalue weighted by Gasteiger charge is 2.36. The molecule has 1 aromatic rings. The summed E-state index contributed by atoms with van der Waals surface area (Å²) in [4.78, 5) is 33.2. The molecule has 24 heavy (non-hydrogen) atoms. The molecule has 2 heterocycles. The van der Waals surface area contributed by atoms with Crippen LogP contribution in [0.4, 0.5) is 0 Å². The highest BCUT2D eigenvalue weighted by molar-refractivity contribution is 5.84. The van der Waals surface area contributed by atoms with Crippen molar-refractivity contribution in [1.29, 1.82) is 0 Å². The van der Waals surface area contributed by atoms with Gasteiger partial charge in [0.25, 0.3) is 0 Å². The Balaban J connectivity index is 1.65. The molecule has 1 saturated heterocycles. The van der Waals surface area contributed by atoms with Crippen LogP contribution in [-0.2, 0) is 16.1 Å². The molecular formula is C19H27N3O2. The Morgan fingerprint density at radius 3 is 2.62 bits per heavy atom. The SMILES string of the molecule is CCN(Cc1ccncc1)C(=O)C1CCC(=O)N(C2CCCC2)C1. The molecule has 3 rings (SSSR count). The summed E-state index contributed by atoms with van der Waals surface area (Å²) >= 11 is 0. The minimum Gasteiger partial charge on any atom is -0.339 e. The maximum atomic E-state index is 13.0. The Bertz CT molecular complexity index is 569. The first-order valence-electron chi connectivity index (χ1n) is 9.16. The topological polar surface area (TPSA) is 53.5 Å². The lowest BCUT2D eigenvalue weighted by Crippen LogP contribution is -2.50. The third-order valence-electron chi connectivity index (χ3n) is 5.37. The largest absolute Gasteiger partial charge is 0.339 e. The number of aromatic nitrogens is 1. The lowest BCUT2D eigenvalue weighted by Gasteiger charge is -2.38. The van der Waals surface area contributed by atoms with E-state index in [1.54, 1.807) is 12.4 Å². The van der Waals surface area contributed by atoms with E-state index in [0.29, 0.717) is 38.5 Å². The molecule has 1 unspecified atom stereocenters. The van der Waals surface area contributed by atoms with Crippen LogP contribution in [-0.4, -0.2) is 45.7 Å². The third-order valence-corrected chi connectivity index (χ3v) is 5.37. The van der Waals surface area contributed by atoms with E-state index in [0.717, 1.165) is 18.4 Å². The monoisotopic (exact) mass is 329 g/mol. The number of carbonyl (C=O) groups excluding carboxylic acids is 2. The molecule has 5 nitrogen and oxygen atoms in total. The molecule has 1 atom stereocenters. The van der Waals surface area contributed by atoms with Gasteiger partial charge in [0, 0.05) is 44.5 Å². The Hall–Kier alpha value is -1.91. The summed E-state index contributed by atoms with van der Waals surface area (Å²) in [5.41, 5.74) is 1.10. The number of rotatable bonds is 5. The van der Waals surface area contributed by atoms with E-state index in [4.69, 9.17) is 0 Å². The Kier molecular flexibility index (Phi) is 5.48. The number of hydrogen-bond donors (Lipinski definition) is 0. The van der Waals surface area contributed by atoms with Crippen molar-refractivity contribution in [3.05, 3.63) is 30.1 Å².